The highest BCUT2D eigenvalue weighted by molar-refractivity contribution is 5.26. The van der Waals surface area contributed by atoms with Gasteiger partial charge in [0.2, 0.25) is 0 Å². The third-order valence-electron chi connectivity index (χ3n) is 12.9. The molecule has 2 N–H and O–H groups in total. The highest BCUT2D eigenvalue weighted by Gasteiger charge is 2.81. The van der Waals surface area contributed by atoms with Crippen molar-refractivity contribution in [3.05, 3.63) is 11.6 Å². The molecule has 2 aliphatic heterocycles. The number of hydrogen-bond donors (Lipinski definition) is 2. The van der Waals surface area contributed by atoms with Gasteiger partial charge in [-0.25, -0.2) is 0 Å². The van der Waals surface area contributed by atoms with Crippen LogP contribution >= 0.6 is 0 Å². The molecule has 2 saturated heterocycles. The normalized spacial score (nSPS) is 59.4. The van der Waals surface area contributed by atoms with E-state index in [1.165, 1.54) is 31.3 Å². The number of fused-ring (bicyclic) bond motifs is 3. The molecule has 0 amide bonds. The van der Waals surface area contributed by atoms with Gasteiger partial charge in [0.15, 0.2) is 5.79 Å². The standard InChI is InChI=1S/C30H48O4/c1-18(2)12-20-15-33-30-23(28(20,7)32)14-19-13-22-26(5,16-29(19,30)17-34-30)10-8-21-25(3,4)24(31)9-11-27(21,22)6/h12,19-24,31-32H,8-11,13-17H2,1-7H3/t19?,20-,21?,22?,23?,24?,26+,27+,28+,29-,30+/m1/s1. The molecule has 0 bridgehead atoms. The minimum absolute atomic E-state index is 0.0156. The van der Waals surface area contributed by atoms with Crippen molar-refractivity contribution in [2.75, 3.05) is 13.2 Å². The molecule has 0 aromatic carbocycles. The lowest BCUT2D eigenvalue weighted by atomic mass is 9.37. The number of hydrogen-bond acceptors (Lipinski definition) is 4. The van der Waals surface area contributed by atoms with E-state index in [-0.39, 0.29) is 39.6 Å². The summed E-state index contributed by atoms with van der Waals surface area (Å²) < 4.78 is 13.2. The van der Waals surface area contributed by atoms with E-state index in [0.717, 1.165) is 25.9 Å². The highest BCUT2D eigenvalue weighted by Crippen LogP contribution is 2.78. The molecular weight excluding hydrogens is 424 g/mol. The molecule has 4 heteroatoms. The number of ether oxygens (including phenoxy) is 2. The van der Waals surface area contributed by atoms with Gasteiger partial charge in [-0.05, 0) is 99.7 Å². The second-order valence-electron chi connectivity index (χ2n) is 15.1. The van der Waals surface area contributed by atoms with Gasteiger partial charge in [0, 0.05) is 11.8 Å². The lowest BCUT2D eigenvalue weighted by molar-refractivity contribution is -0.446. The summed E-state index contributed by atoms with van der Waals surface area (Å²) in [6.45, 7) is 17.4. The Labute approximate surface area is 206 Å². The van der Waals surface area contributed by atoms with Crippen molar-refractivity contribution >= 4 is 0 Å². The Morgan fingerprint density at radius 2 is 1.62 bits per heavy atom. The molecule has 5 unspecified atom stereocenters. The molecule has 34 heavy (non-hydrogen) atoms. The summed E-state index contributed by atoms with van der Waals surface area (Å²) in [6, 6.07) is 0. The zero-order valence-electron chi connectivity index (χ0n) is 22.6. The predicted molar refractivity (Wildman–Crippen MR) is 133 cm³/mol. The van der Waals surface area contributed by atoms with E-state index < -0.39 is 11.4 Å². The van der Waals surface area contributed by atoms with Gasteiger partial charge < -0.3 is 19.7 Å². The largest absolute Gasteiger partial charge is 0.393 e. The minimum atomic E-state index is -0.810. The summed E-state index contributed by atoms with van der Waals surface area (Å²) in [5, 5.41) is 22.8. The maximum atomic E-state index is 11.9. The molecule has 4 aliphatic carbocycles. The van der Waals surface area contributed by atoms with Crippen LogP contribution in [0.25, 0.3) is 0 Å². The molecule has 2 spiro atoms. The topological polar surface area (TPSA) is 58.9 Å². The molecule has 6 rings (SSSR count). The van der Waals surface area contributed by atoms with Crippen molar-refractivity contribution in [1.82, 2.24) is 0 Å². The minimum Gasteiger partial charge on any atom is -0.393 e. The van der Waals surface area contributed by atoms with Gasteiger partial charge in [0.1, 0.15) is 0 Å². The molecular formula is C30H48O4. The Kier molecular flexibility index (Phi) is 4.87. The fourth-order valence-corrected chi connectivity index (χ4v) is 11.1. The highest BCUT2D eigenvalue weighted by atomic mass is 16.7. The van der Waals surface area contributed by atoms with Crippen molar-refractivity contribution < 1.29 is 19.7 Å². The van der Waals surface area contributed by atoms with Crippen molar-refractivity contribution in [2.45, 2.75) is 111 Å². The van der Waals surface area contributed by atoms with E-state index in [1.807, 2.05) is 0 Å². The average molecular weight is 473 g/mol. The predicted octanol–water partition coefficient (Wildman–Crippen LogP) is 5.71. The smallest absolute Gasteiger partial charge is 0.181 e. The molecule has 0 aromatic rings. The number of aliphatic hydroxyl groups excluding tert-OH is 1. The van der Waals surface area contributed by atoms with Crippen LogP contribution in [-0.2, 0) is 9.47 Å². The fourth-order valence-electron chi connectivity index (χ4n) is 11.1. The van der Waals surface area contributed by atoms with E-state index in [1.54, 1.807) is 0 Å². The lowest BCUT2D eigenvalue weighted by Crippen LogP contribution is -2.75. The quantitative estimate of drug-likeness (QED) is 0.480. The average Bonchev–Trinajstić information content (AvgIpc) is 2.91. The number of allylic oxidation sites excluding steroid dienone is 1. The monoisotopic (exact) mass is 472 g/mol. The Bertz CT molecular complexity index is 903. The maximum absolute atomic E-state index is 11.9. The fraction of sp³-hybridized carbons (Fsp3) is 0.933. The first kappa shape index (κ1) is 23.9. The van der Waals surface area contributed by atoms with Crippen molar-refractivity contribution in [2.24, 2.45) is 51.2 Å². The van der Waals surface area contributed by atoms with E-state index in [9.17, 15) is 10.2 Å². The Morgan fingerprint density at radius 1 is 0.912 bits per heavy atom. The van der Waals surface area contributed by atoms with Crippen LogP contribution in [0.4, 0.5) is 0 Å². The van der Waals surface area contributed by atoms with Crippen molar-refractivity contribution in [3.8, 4) is 0 Å². The van der Waals surface area contributed by atoms with Crippen LogP contribution in [-0.4, -0.2) is 40.9 Å². The zero-order valence-corrected chi connectivity index (χ0v) is 22.6. The molecule has 6 fully saturated rings. The van der Waals surface area contributed by atoms with E-state index in [2.05, 4.69) is 54.5 Å². The SMILES string of the molecule is CC(C)=C[C@@H]1CO[C@@]23OC[C@@]24C[C@]2(C)CCC5C(C)(C)C(O)CC[C@]5(C)C2CC4CC3[C@@]1(C)O. The third-order valence-corrected chi connectivity index (χ3v) is 12.9. The van der Waals surface area contributed by atoms with Crippen LogP contribution < -0.4 is 0 Å². The first-order valence-electron chi connectivity index (χ1n) is 14.1. The first-order valence-corrected chi connectivity index (χ1v) is 14.1. The van der Waals surface area contributed by atoms with Gasteiger partial charge in [0.05, 0.1) is 30.3 Å². The first-order chi connectivity index (χ1) is 15.7. The van der Waals surface area contributed by atoms with Crippen LogP contribution in [0.5, 0.6) is 0 Å². The Morgan fingerprint density at radius 3 is 2.26 bits per heavy atom. The summed E-state index contributed by atoms with van der Waals surface area (Å²) in [6.07, 6.45) is 9.96. The molecule has 11 atom stereocenters. The second-order valence-corrected chi connectivity index (χ2v) is 15.1. The van der Waals surface area contributed by atoms with Crippen LogP contribution in [0.2, 0.25) is 0 Å². The molecule has 4 nitrogen and oxygen atoms in total. The third kappa shape index (κ3) is 2.65. The van der Waals surface area contributed by atoms with Crippen LogP contribution in [0.1, 0.15) is 93.4 Å². The van der Waals surface area contributed by atoms with Crippen LogP contribution in [0.3, 0.4) is 0 Å². The Balaban J connectivity index is 1.37. The lowest BCUT2D eigenvalue weighted by Gasteiger charge is -2.71. The summed E-state index contributed by atoms with van der Waals surface area (Å²) in [7, 11) is 0. The van der Waals surface area contributed by atoms with Gasteiger partial charge >= 0.3 is 0 Å². The second kappa shape index (κ2) is 6.91. The van der Waals surface area contributed by atoms with E-state index in [4.69, 9.17) is 9.47 Å². The van der Waals surface area contributed by atoms with Gasteiger partial charge in [-0.15, -0.1) is 0 Å². The van der Waals surface area contributed by atoms with E-state index in [0.29, 0.717) is 24.4 Å². The van der Waals surface area contributed by atoms with E-state index >= 15 is 0 Å². The summed E-state index contributed by atoms with van der Waals surface area (Å²) in [5.41, 5.74) is 1.02. The molecule has 192 valence electrons. The van der Waals surface area contributed by atoms with Gasteiger partial charge in [-0.2, -0.15) is 0 Å². The molecule has 6 aliphatic rings. The summed E-state index contributed by atoms with van der Waals surface area (Å²) in [4.78, 5) is 0. The number of aliphatic hydroxyl groups is 2. The molecule has 2 heterocycles. The molecule has 0 radical (unpaired) electrons. The van der Waals surface area contributed by atoms with Crippen LogP contribution in [0, 0.1) is 51.2 Å². The van der Waals surface area contributed by atoms with Crippen LogP contribution in [0.15, 0.2) is 11.6 Å². The number of rotatable bonds is 1. The van der Waals surface area contributed by atoms with Crippen molar-refractivity contribution in [1.29, 1.82) is 0 Å². The Hall–Kier alpha value is -0.420. The van der Waals surface area contributed by atoms with Gasteiger partial charge in [-0.3, -0.25) is 0 Å². The van der Waals surface area contributed by atoms with Crippen molar-refractivity contribution in [3.63, 3.8) is 0 Å². The maximum Gasteiger partial charge on any atom is 0.181 e. The van der Waals surface area contributed by atoms with Gasteiger partial charge in [0.25, 0.3) is 0 Å². The van der Waals surface area contributed by atoms with Gasteiger partial charge in [-0.1, -0.05) is 39.3 Å². The molecule has 0 aromatic heterocycles. The summed E-state index contributed by atoms with van der Waals surface area (Å²) in [5.74, 6) is 1.25. The summed E-state index contributed by atoms with van der Waals surface area (Å²) >= 11 is 0. The zero-order chi connectivity index (χ0) is 24.5. The molecule has 4 saturated carbocycles.